The second kappa shape index (κ2) is 2.82. The van der Waals surface area contributed by atoms with E-state index in [2.05, 4.69) is 5.32 Å². The van der Waals surface area contributed by atoms with Crippen LogP contribution < -0.4 is 5.32 Å². The van der Waals surface area contributed by atoms with Gasteiger partial charge in [-0.05, 0) is 0 Å². The number of nitrogens with one attached hydrogen (secondary N) is 1. The first kappa shape index (κ1) is 7.25. The summed E-state index contributed by atoms with van der Waals surface area (Å²) in [7, 11) is -0.557. The average molecular weight is 180 g/mol. The Labute approximate surface area is 60.2 Å². The van der Waals surface area contributed by atoms with Crippen molar-refractivity contribution in [3.63, 3.8) is 0 Å². The van der Waals surface area contributed by atoms with Gasteiger partial charge in [0.05, 0.1) is 0 Å². The number of hydrogen-bond donors (Lipinski definition) is 1. The Kier molecular flexibility index (Phi) is 2.27. The van der Waals surface area contributed by atoms with Gasteiger partial charge in [0.1, 0.15) is 0 Å². The summed E-state index contributed by atoms with van der Waals surface area (Å²) in [5, 5.41) is 2.42. The van der Waals surface area contributed by atoms with Gasteiger partial charge >= 0.3 is 59.8 Å². The molecule has 9 heavy (non-hydrogen) atoms. The van der Waals surface area contributed by atoms with Crippen molar-refractivity contribution in [2.75, 3.05) is 5.75 Å². The van der Waals surface area contributed by atoms with Crippen molar-refractivity contribution < 1.29 is 9.36 Å². The molecule has 1 heterocycles. The summed E-state index contributed by atoms with van der Waals surface area (Å²) >= 11 is 4.69. The zero-order valence-corrected chi connectivity index (χ0v) is 6.81. The van der Waals surface area contributed by atoms with E-state index in [1.807, 2.05) is 0 Å². The van der Waals surface area contributed by atoms with Gasteiger partial charge in [0.15, 0.2) is 0 Å². The normalized spacial score (nSPS) is 20.0. The van der Waals surface area contributed by atoms with Crippen molar-refractivity contribution in [1.82, 2.24) is 5.32 Å². The van der Waals surface area contributed by atoms with Crippen LogP contribution in [0.15, 0.2) is 0 Å². The molecule has 1 saturated heterocycles. The zero-order valence-electron chi connectivity index (χ0n) is 4.29. The number of rotatable bonds is 0. The summed E-state index contributed by atoms with van der Waals surface area (Å²) in [6.07, 6.45) is 0. The van der Waals surface area contributed by atoms with E-state index in [9.17, 15) is 9.36 Å². The minimum absolute atomic E-state index is 0.0358. The molecule has 6 heteroatoms. The van der Waals surface area contributed by atoms with Gasteiger partial charge in [-0.3, -0.25) is 0 Å². The topological polar surface area (TPSA) is 46.2 Å². The van der Waals surface area contributed by atoms with Gasteiger partial charge in [-0.25, -0.2) is 0 Å². The minimum atomic E-state index is -0.522. The first-order valence-corrected chi connectivity index (χ1v) is 5.34. The van der Waals surface area contributed by atoms with E-state index < -0.39 is 9.87 Å². The van der Waals surface area contributed by atoms with Gasteiger partial charge in [0.25, 0.3) is 0 Å². The Balaban J connectivity index is 3.04. The molecule has 3 nitrogen and oxygen atoms in total. The third-order valence-electron chi connectivity index (χ3n) is 0.813. The second-order valence-corrected chi connectivity index (χ2v) is 5.43. The monoisotopic (exact) mass is 180 g/mol. The molecular weight excluding hydrogens is 177 g/mol. The second-order valence-electron chi connectivity index (χ2n) is 1.42. The van der Waals surface area contributed by atoms with Crippen LogP contribution in [0.2, 0.25) is 0 Å². The molecule has 0 aromatic carbocycles. The predicted molar refractivity (Wildman–Crippen MR) is 40.6 cm³/mol. The van der Waals surface area contributed by atoms with Crippen molar-refractivity contribution in [1.29, 1.82) is 0 Å². The number of hydrogen-bond acceptors (Lipinski definition) is 4. The van der Waals surface area contributed by atoms with Crippen molar-refractivity contribution in [3.8, 4) is 0 Å². The Morgan fingerprint density at radius 1 is 1.78 bits per heavy atom. The van der Waals surface area contributed by atoms with Crippen LogP contribution in [0, 0.1) is 0 Å². The van der Waals surface area contributed by atoms with Crippen molar-refractivity contribution in [2.45, 2.75) is 0 Å². The van der Waals surface area contributed by atoms with Crippen LogP contribution in [-0.2, 0) is 19.2 Å². The van der Waals surface area contributed by atoms with Crippen molar-refractivity contribution >= 4 is 39.4 Å². The van der Waals surface area contributed by atoms with Crippen LogP contribution in [-0.4, -0.2) is 16.0 Å². The molecule has 1 fully saturated rings. The molecule has 0 spiro atoms. The van der Waals surface area contributed by atoms with Crippen LogP contribution >= 0.6 is 19.3 Å². The number of thiocarbonyl (C=S) groups is 1. The third-order valence-corrected chi connectivity index (χ3v) is 4.61. The number of amides is 1. The molecule has 1 N–H and O–H groups in total. The fraction of sp³-hybridized carbons (Fsp3) is 0.333. The predicted octanol–water partition coefficient (Wildman–Crippen LogP) is 0.226. The molecule has 1 aliphatic heterocycles. The zero-order chi connectivity index (χ0) is 6.85. The molecule has 0 unspecified atom stereocenters. The van der Waals surface area contributed by atoms with Gasteiger partial charge < -0.3 is 0 Å². The van der Waals surface area contributed by atoms with E-state index >= 15 is 0 Å². The Morgan fingerprint density at radius 2 is 2.44 bits per heavy atom. The van der Waals surface area contributed by atoms with Gasteiger partial charge in [-0.1, -0.05) is 0 Å². The van der Waals surface area contributed by atoms with Crippen molar-refractivity contribution in [3.05, 3.63) is 0 Å². The molecule has 0 atom stereocenters. The van der Waals surface area contributed by atoms with Gasteiger partial charge in [0.2, 0.25) is 0 Å². The molecule has 0 aliphatic carbocycles. The maximum absolute atomic E-state index is 10.5. The van der Waals surface area contributed by atoms with E-state index in [4.69, 9.17) is 12.2 Å². The summed E-state index contributed by atoms with van der Waals surface area (Å²) < 4.78 is 10.6. The van der Waals surface area contributed by atoms with E-state index in [-0.39, 0.29) is 12.9 Å². The molecule has 0 saturated carbocycles. The van der Waals surface area contributed by atoms with E-state index in [0.29, 0.717) is 10.1 Å². The molecule has 0 aromatic rings. The van der Waals surface area contributed by atoms with E-state index in [0.717, 1.165) is 0 Å². The van der Waals surface area contributed by atoms with Crippen LogP contribution in [0.25, 0.3) is 0 Å². The first-order valence-electron chi connectivity index (χ1n) is 2.12. The van der Waals surface area contributed by atoms with Gasteiger partial charge in [0, 0.05) is 0 Å². The molecule has 1 amide bonds. The Bertz CT molecular complexity index is 289. The molecular formula is C3H3NO2PS2-. The summed E-state index contributed by atoms with van der Waals surface area (Å²) in [4.78, 5) is 10.5. The Hall–Kier alpha value is 0.140. The molecule has 1 aliphatic rings. The van der Waals surface area contributed by atoms with Crippen LogP contribution in [0.3, 0.4) is 0 Å². The fourth-order valence-electron chi connectivity index (χ4n) is 0.459. The number of carbonyl (C=O) groups excluding carboxylic acids is 1. The average Bonchev–Trinajstić information content (AvgIpc) is 2.10. The molecule has 0 aromatic heterocycles. The SMILES string of the molecule is O=P#[S-]1CC(=O)NC1=S. The van der Waals surface area contributed by atoms with Crippen LogP contribution in [0.4, 0.5) is 0 Å². The molecule has 1 rings (SSSR count). The van der Waals surface area contributed by atoms with Crippen LogP contribution in [0.5, 0.6) is 0 Å². The molecule has 0 radical (unpaired) electrons. The Morgan fingerprint density at radius 3 is 2.67 bits per heavy atom. The van der Waals surface area contributed by atoms with E-state index in [1.165, 1.54) is 0 Å². The van der Waals surface area contributed by atoms with Crippen molar-refractivity contribution in [2.24, 2.45) is 0 Å². The first-order chi connectivity index (χ1) is 4.24. The summed E-state index contributed by atoms with van der Waals surface area (Å²) in [6, 6.07) is 0. The van der Waals surface area contributed by atoms with E-state index in [1.54, 1.807) is 0 Å². The summed E-state index contributed by atoms with van der Waals surface area (Å²) in [5.41, 5.74) is 0. The van der Waals surface area contributed by atoms with Crippen LogP contribution in [0.1, 0.15) is 0 Å². The quantitative estimate of drug-likeness (QED) is 0.329. The third kappa shape index (κ3) is 1.53. The molecule has 0 bridgehead atoms. The standard InChI is InChI=1S/C3H3NO2PS2/c5-2-1-9(7-6)3(8)4-2/h1H2,(H,4,5,8)/q-1. The molecule has 50 valence electrons. The number of carbonyl (C=O) groups is 1. The maximum atomic E-state index is 10.5. The van der Waals surface area contributed by atoms with Gasteiger partial charge in [-0.15, -0.1) is 0 Å². The fourth-order valence-corrected chi connectivity index (χ4v) is 2.68. The summed E-state index contributed by atoms with van der Waals surface area (Å²) in [5.74, 6) is 0.177. The van der Waals surface area contributed by atoms with Gasteiger partial charge in [-0.2, -0.15) is 0 Å². The summed E-state index contributed by atoms with van der Waals surface area (Å²) in [6.45, 7) is 0.